The summed E-state index contributed by atoms with van der Waals surface area (Å²) in [7, 11) is 0. The molecule has 0 spiro atoms. The first-order chi connectivity index (χ1) is 8.56. The molecule has 2 aromatic rings. The van der Waals surface area contributed by atoms with Crippen LogP contribution in [0.4, 0.5) is 0 Å². The van der Waals surface area contributed by atoms with Gasteiger partial charge in [0, 0.05) is 10.6 Å². The molecule has 1 heterocycles. The third kappa shape index (κ3) is 2.91. The van der Waals surface area contributed by atoms with Gasteiger partial charge in [0.2, 0.25) is 6.20 Å². The lowest BCUT2D eigenvalue weighted by molar-refractivity contribution is -0.401. The molecule has 4 nitrogen and oxygen atoms in total. The molecular formula is C12H7Cl2NO3. The summed E-state index contributed by atoms with van der Waals surface area (Å²) in [4.78, 5) is 9.63. The Hall–Kier alpha value is -1.78. The minimum absolute atomic E-state index is 0.373. The predicted molar refractivity (Wildman–Crippen MR) is 70.2 cm³/mol. The van der Waals surface area contributed by atoms with Crippen molar-refractivity contribution in [1.29, 1.82) is 0 Å². The van der Waals surface area contributed by atoms with Crippen molar-refractivity contribution in [2.45, 2.75) is 0 Å². The summed E-state index contributed by atoms with van der Waals surface area (Å²) < 4.78 is 5.42. The molecule has 2 rings (SSSR count). The van der Waals surface area contributed by atoms with Gasteiger partial charge >= 0.3 is 0 Å². The normalized spacial score (nSPS) is 11.0. The first-order valence-electron chi connectivity index (χ1n) is 4.93. The monoisotopic (exact) mass is 283 g/mol. The Bertz CT molecular complexity index is 620. The molecule has 0 aliphatic heterocycles. The zero-order valence-corrected chi connectivity index (χ0v) is 10.5. The summed E-state index contributed by atoms with van der Waals surface area (Å²) in [5, 5.41) is 11.2. The van der Waals surface area contributed by atoms with Crippen LogP contribution in [-0.4, -0.2) is 4.92 Å². The van der Waals surface area contributed by atoms with Gasteiger partial charge < -0.3 is 4.42 Å². The molecule has 6 heteroatoms. The van der Waals surface area contributed by atoms with Crippen molar-refractivity contribution in [3.63, 3.8) is 0 Å². The lowest BCUT2D eigenvalue weighted by Gasteiger charge is -2.00. The third-order valence-electron chi connectivity index (χ3n) is 2.18. The van der Waals surface area contributed by atoms with E-state index in [4.69, 9.17) is 27.6 Å². The fourth-order valence-corrected chi connectivity index (χ4v) is 1.79. The van der Waals surface area contributed by atoms with Crippen LogP contribution in [-0.2, 0) is 0 Å². The summed E-state index contributed by atoms with van der Waals surface area (Å²) in [6.45, 7) is 0. The summed E-state index contributed by atoms with van der Waals surface area (Å²) in [5.74, 6) is 0.878. The fourth-order valence-electron chi connectivity index (χ4n) is 1.41. The van der Waals surface area contributed by atoms with Crippen LogP contribution in [0.3, 0.4) is 0 Å². The van der Waals surface area contributed by atoms with Gasteiger partial charge in [0.15, 0.2) is 0 Å². The topological polar surface area (TPSA) is 56.3 Å². The Morgan fingerprint density at radius 2 is 2.00 bits per heavy atom. The van der Waals surface area contributed by atoms with Crippen molar-refractivity contribution >= 4 is 29.3 Å². The second-order valence-electron chi connectivity index (χ2n) is 3.43. The maximum absolute atomic E-state index is 10.2. The van der Waals surface area contributed by atoms with E-state index in [0.29, 0.717) is 27.1 Å². The van der Waals surface area contributed by atoms with Gasteiger partial charge in [0.25, 0.3) is 0 Å². The van der Waals surface area contributed by atoms with Gasteiger partial charge in [-0.05, 0) is 30.3 Å². The van der Waals surface area contributed by atoms with E-state index in [1.165, 1.54) is 6.08 Å². The van der Waals surface area contributed by atoms with Gasteiger partial charge in [-0.2, -0.15) is 0 Å². The van der Waals surface area contributed by atoms with Gasteiger partial charge in [-0.1, -0.05) is 23.2 Å². The van der Waals surface area contributed by atoms with Crippen molar-refractivity contribution in [3.8, 4) is 11.3 Å². The molecule has 0 bridgehead atoms. The molecule has 1 aromatic carbocycles. The Morgan fingerprint density at radius 1 is 1.22 bits per heavy atom. The average molecular weight is 284 g/mol. The highest BCUT2D eigenvalue weighted by atomic mass is 35.5. The highest BCUT2D eigenvalue weighted by Gasteiger charge is 2.08. The molecule has 0 saturated heterocycles. The highest BCUT2D eigenvalue weighted by molar-refractivity contribution is 6.35. The third-order valence-corrected chi connectivity index (χ3v) is 2.75. The number of rotatable bonds is 3. The lowest BCUT2D eigenvalue weighted by Crippen LogP contribution is -1.81. The van der Waals surface area contributed by atoms with Gasteiger partial charge in [-0.25, -0.2) is 0 Å². The molecule has 0 saturated carbocycles. The van der Waals surface area contributed by atoms with E-state index in [2.05, 4.69) is 0 Å². The summed E-state index contributed by atoms with van der Waals surface area (Å²) in [6, 6.07) is 8.30. The minimum atomic E-state index is -0.561. The van der Waals surface area contributed by atoms with E-state index in [9.17, 15) is 10.1 Å². The first kappa shape index (κ1) is 12.7. The molecule has 0 aliphatic rings. The van der Waals surface area contributed by atoms with Gasteiger partial charge in [0.1, 0.15) is 11.5 Å². The Balaban J connectivity index is 2.35. The predicted octanol–water partition coefficient (Wildman–Crippen LogP) is 4.50. The number of furan rings is 1. The van der Waals surface area contributed by atoms with Crippen LogP contribution in [0, 0.1) is 10.1 Å². The van der Waals surface area contributed by atoms with E-state index < -0.39 is 4.92 Å². The molecule has 0 fully saturated rings. The maximum atomic E-state index is 10.2. The number of nitrogens with zero attached hydrogens (tertiary/aromatic N) is 1. The quantitative estimate of drug-likeness (QED) is 0.615. The molecule has 0 atom stereocenters. The van der Waals surface area contributed by atoms with E-state index in [0.717, 1.165) is 6.20 Å². The van der Waals surface area contributed by atoms with Crippen molar-refractivity contribution in [2.75, 3.05) is 0 Å². The lowest BCUT2D eigenvalue weighted by atomic mass is 10.2. The molecule has 0 N–H and O–H groups in total. The Labute approximate surface area is 113 Å². The van der Waals surface area contributed by atoms with Crippen molar-refractivity contribution in [2.24, 2.45) is 0 Å². The molecule has 92 valence electrons. The SMILES string of the molecule is O=[N+]([O-])/C=C/c1ccc(-c2cc(Cl)ccc2Cl)o1. The van der Waals surface area contributed by atoms with Crippen LogP contribution in [0.25, 0.3) is 17.4 Å². The molecule has 18 heavy (non-hydrogen) atoms. The van der Waals surface area contributed by atoms with Crippen LogP contribution in [0.5, 0.6) is 0 Å². The van der Waals surface area contributed by atoms with E-state index in [1.54, 1.807) is 30.3 Å². The Morgan fingerprint density at radius 3 is 2.72 bits per heavy atom. The van der Waals surface area contributed by atoms with Gasteiger partial charge in [-0.15, -0.1) is 0 Å². The molecule has 0 amide bonds. The van der Waals surface area contributed by atoms with Gasteiger partial charge in [0.05, 0.1) is 16.0 Å². The minimum Gasteiger partial charge on any atom is -0.456 e. The summed E-state index contributed by atoms with van der Waals surface area (Å²) >= 11 is 11.9. The zero-order chi connectivity index (χ0) is 13.1. The van der Waals surface area contributed by atoms with Crippen molar-refractivity contribution in [1.82, 2.24) is 0 Å². The number of halogens is 2. The van der Waals surface area contributed by atoms with E-state index >= 15 is 0 Å². The zero-order valence-electron chi connectivity index (χ0n) is 8.97. The number of hydrogen-bond donors (Lipinski definition) is 0. The van der Waals surface area contributed by atoms with E-state index in [1.807, 2.05) is 0 Å². The number of nitro groups is 1. The van der Waals surface area contributed by atoms with E-state index in [-0.39, 0.29) is 0 Å². The summed E-state index contributed by atoms with van der Waals surface area (Å²) in [5.41, 5.74) is 0.643. The largest absolute Gasteiger partial charge is 0.456 e. The second kappa shape index (κ2) is 5.25. The first-order valence-corrected chi connectivity index (χ1v) is 5.69. The van der Waals surface area contributed by atoms with Crippen LogP contribution in [0.2, 0.25) is 10.0 Å². The number of hydrogen-bond acceptors (Lipinski definition) is 3. The highest BCUT2D eigenvalue weighted by Crippen LogP contribution is 2.31. The van der Waals surface area contributed by atoms with Crippen LogP contribution in [0.15, 0.2) is 40.9 Å². The number of benzene rings is 1. The van der Waals surface area contributed by atoms with Crippen LogP contribution >= 0.6 is 23.2 Å². The molecule has 0 aliphatic carbocycles. The smallest absolute Gasteiger partial charge is 0.238 e. The standard InChI is InChI=1S/C12H7Cl2NO3/c13-8-1-3-11(14)10(7-8)12-4-2-9(18-12)5-6-15(16)17/h1-7H/b6-5+. The van der Waals surface area contributed by atoms with Gasteiger partial charge in [-0.3, -0.25) is 10.1 Å². The Kier molecular flexibility index (Phi) is 3.69. The second-order valence-corrected chi connectivity index (χ2v) is 4.27. The van der Waals surface area contributed by atoms with Crippen LogP contribution < -0.4 is 0 Å². The molecule has 0 radical (unpaired) electrons. The summed E-state index contributed by atoms with van der Waals surface area (Å²) in [6.07, 6.45) is 2.07. The molecular weight excluding hydrogens is 277 g/mol. The molecule has 0 unspecified atom stereocenters. The fraction of sp³-hybridized carbons (Fsp3) is 0. The van der Waals surface area contributed by atoms with Crippen molar-refractivity contribution in [3.05, 3.63) is 62.5 Å². The van der Waals surface area contributed by atoms with Crippen LogP contribution in [0.1, 0.15) is 5.76 Å². The average Bonchev–Trinajstić information content (AvgIpc) is 2.78. The van der Waals surface area contributed by atoms with Crippen molar-refractivity contribution < 1.29 is 9.34 Å². The molecule has 1 aromatic heterocycles. The maximum Gasteiger partial charge on any atom is 0.238 e.